The van der Waals surface area contributed by atoms with E-state index < -0.39 is 29.0 Å². The number of aliphatic hydroxyl groups excluding tert-OH is 1. The fourth-order valence-electron chi connectivity index (χ4n) is 1.66. The number of aliphatic hydroxyl groups is 1. The van der Waals surface area contributed by atoms with Gasteiger partial charge >= 0.3 is 0 Å². The smallest absolute Gasteiger partial charge is 0.220 e. The van der Waals surface area contributed by atoms with E-state index in [1.54, 1.807) is 31.2 Å². The zero-order chi connectivity index (χ0) is 14.4. The molecule has 0 bridgehead atoms. The SMILES string of the molecule is CCC(=O)NC(c1ccc(N)cc1)C(CO)S(=O)O. The van der Waals surface area contributed by atoms with Gasteiger partial charge in [-0.2, -0.15) is 0 Å². The monoisotopic (exact) mass is 286 g/mol. The summed E-state index contributed by atoms with van der Waals surface area (Å²) in [7, 11) is 0. The highest BCUT2D eigenvalue weighted by atomic mass is 32.2. The van der Waals surface area contributed by atoms with E-state index in [9.17, 15) is 18.7 Å². The van der Waals surface area contributed by atoms with Gasteiger partial charge in [-0.05, 0) is 17.7 Å². The predicted octanol–water partition coefficient (Wildman–Crippen LogP) is 0.419. The van der Waals surface area contributed by atoms with Gasteiger partial charge in [0.05, 0.1) is 12.6 Å². The Hall–Kier alpha value is -1.44. The lowest BCUT2D eigenvalue weighted by atomic mass is 10.0. The number of hydrogen-bond donors (Lipinski definition) is 4. The van der Waals surface area contributed by atoms with Crippen molar-refractivity contribution in [2.75, 3.05) is 12.3 Å². The van der Waals surface area contributed by atoms with Crippen LogP contribution in [0.3, 0.4) is 0 Å². The third-order valence-corrected chi connectivity index (χ3v) is 3.68. The maximum atomic E-state index is 11.5. The molecule has 1 aromatic carbocycles. The van der Waals surface area contributed by atoms with Crippen LogP contribution in [0.1, 0.15) is 24.9 Å². The first-order valence-electron chi connectivity index (χ1n) is 5.84. The minimum atomic E-state index is -2.25. The molecular weight excluding hydrogens is 268 g/mol. The maximum absolute atomic E-state index is 11.5. The first-order chi connectivity index (χ1) is 8.99. The molecule has 1 rings (SSSR count). The van der Waals surface area contributed by atoms with Crippen molar-refractivity contribution in [1.82, 2.24) is 5.32 Å². The molecule has 0 saturated heterocycles. The lowest BCUT2D eigenvalue weighted by Crippen LogP contribution is -2.40. The van der Waals surface area contributed by atoms with Crippen LogP contribution in [0, 0.1) is 0 Å². The number of benzene rings is 1. The van der Waals surface area contributed by atoms with Crippen LogP contribution in [0.15, 0.2) is 24.3 Å². The van der Waals surface area contributed by atoms with E-state index in [1.165, 1.54) is 0 Å². The number of nitrogen functional groups attached to an aromatic ring is 1. The van der Waals surface area contributed by atoms with Crippen LogP contribution in [0.4, 0.5) is 5.69 Å². The van der Waals surface area contributed by atoms with E-state index in [0.29, 0.717) is 11.3 Å². The average molecular weight is 286 g/mol. The molecule has 3 atom stereocenters. The second-order valence-corrected chi connectivity index (χ2v) is 5.22. The molecule has 1 aromatic rings. The first kappa shape index (κ1) is 15.6. The molecule has 3 unspecified atom stereocenters. The molecular formula is C12H18N2O4S. The van der Waals surface area contributed by atoms with E-state index in [-0.39, 0.29) is 12.3 Å². The van der Waals surface area contributed by atoms with E-state index >= 15 is 0 Å². The van der Waals surface area contributed by atoms with Crippen molar-refractivity contribution >= 4 is 22.7 Å². The normalized spacial score (nSPS) is 15.5. The summed E-state index contributed by atoms with van der Waals surface area (Å²) in [4.78, 5) is 11.5. The molecule has 7 heteroatoms. The Morgan fingerprint density at radius 1 is 1.42 bits per heavy atom. The highest BCUT2D eigenvalue weighted by molar-refractivity contribution is 7.80. The summed E-state index contributed by atoms with van der Waals surface area (Å²) in [5.41, 5.74) is 6.75. The molecule has 0 heterocycles. The van der Waals surface area contributed by atoms with Gasteiger partial charge in [-0.15, -0.1) is 0 Å². The Balaban J connectivity index is 3.06. The molecule has 19 heavy (non-hydrogen) atoms. The molecule has 0 aliphatic heterocycles. The second-order valence-electron chi connectivity index (χ2n) is 4.06. The maximum Gasteiger partial charge on any atom is 0.220 e. The van der Waals surface area contributed by atoms with E-state index in [4.69, 9.17) is 5.73 Å². The van der Waals surface area contributed by atoms with Crippen LogP contribution >= 0.6 is 0 Å². The summed E-state index contributed by atoms with van der Waals surface area (Å²) in [6, 6.07) is 5.85. The Labute approximate surface area is 114 Å². The van der Waals surface area contributed by atoms with E-state index in [2.05, 4.69) is 5.32 Å². The summed E-state index contributed by atoms with van der Waals surface area (Å²) in [5, 5.41) is 10.9. The minimum Gasteiger partial charge on any atom is -0.399 e. The van der Waals surface area contributed by atoms with Crippen LogP contribution < -0.4 is 11.1 Å². The third-order valence-electron chi connectivity index (χ3n) is 2.74. The van der Waals surface area contributed by atoms with Gasteiger partial charge in [0.15, 0.2) is 11.1 Å². The number of amides is 1. The van der Waals surface area contributed by atoms with Gasteiger partial charge in [0.25, 0.3) is 0 Å². The fraction of sp³-hybridized carbons (Fsp3) is 0.417. The zero-order valence-electron chi connectivity index (χ0n) is 10.6. The van der Waals surface area contributed by atoms with Crippen molar-refractivity contribution in [3.05, 3.63) is 29.8 Å². The van der Waals surface area contributed by atoms with E-state index in [0.717, 1.165) is 0 Å². The molecule has 0 fully saturated rings. The van der Waals surface area contributed by atoms with Crippen LogP contribution in [0.2, 0.25) is 0 Å². The molecule has 0 aromatic heterocycles. The molecule has 106 valence electrons. The number of carbonyl (C=O) groups excluding carboxylic acids is 1. The Morgan fingerprint density at radius 3 is 2.42 bits per heavy atom. The molecule has 0 radical (unpaired) electrons. The predicted molar refractivity (Wildman–Crippen MR) is 73.7 cm³/mol. The van der Waals surface area contributed by atoms with Gasteiger partial charge in [-0.1, -0.05) is 19.1 Å². The fourth-order valence-corrected chi connectivity index (χ4v) is 2.24. The number of anilines is 1. The molecule has 0 aliphatic carbocycles. The summed E-state index contributed by atoms with van der Waals surface area (Å²) in [5.74, 6) is -0.259. The average Bonchev–Trinajstić information content (AvgIpc) is 2.38. The van der Waals surface area contributed by atoms with Crippen molar-refractivity contribution in [2.24, 2.45) is 0 Å². The molecule has 0 saturated carbocycles. The van der Waals surface area contributed by atoms with Gasteiger partial charge < -0.3 is 20.7 Å². The quantitative estimate of drug-likeness (QED) is 0.447. The summed E-state index contributed by atoms with van der Waals surface area (Å²) in [6.07, 6.45) is 0.252. The van der Waals surface area contributed by atoms with E-state index in [1.807, 2.05) is 0 Å². The molecule has 6 nitrogen and oxygen atoms in total. The van der Waals surface area contributed by atoms with Gasteiger partial charge in [0.1, 0.15) is 5.25 Å². The molecule has 0 aliphatic rings. The van der Waals surface area contributed by atoms with Crippen molar-refractivity contribution in [3.63, 3.8) is 0 Å². The summed E-state index contributed by atoms with van der Waals surface area (Å²) in [6.45, 7) is 1.17. The van der Waals surface area contributed by atoms with Gasteiger partial charge in [0, 0.05) is 12.1 Å². The van der Waals surface area contributed by atoms with Crippen molar-refractivity contribution < 1.29 is 18.7 Å². The summed E-state index contributed by atoms with van der Waals surface area (Å²) >= 11 is -2.25. The second kappa shape index (κ2) is 7.22. The van der Waals surface area contributed by atoms with Gasteiger partial charge in [-0.3, -0.25) is 4.79 Å². The largest absolute Gasteiger partial charge is 0.399 e. The third kappa shape index (κ3) is 4.30. The van der Waals surface area contributed by atoms with Crippen molar-refractivity contribution in [2.45, 2.75) is 24.6 Å². The van der Waals surface area contributed by atoms with Crippen LogP contribution in [-0.2, 0) is 15.9 Å². The van der Waals surface area contributed by atoms with Gasteiger partial charge in [0.2, 0.25) is 5.91 Å². The molecule has 1 amide bonds. The number of carbonyl (C=O) groups is 1. The minimum absolute atomic E-state index is 0.252. The molecule has 0 spiro atoms. The number of nitrogens with two attached hydrogens (primary N) is 1. The Kier molecular flexibility index (Phi) is 5.94. The lowest BCUT2D eigenvalue weighted by molar-refractivity contribution is -0.121. The first-order valence-corrected chi connectivity index (χ1v) is 7.01. The van der Waals surface area contributed by atoms with Crippen molar-refractivity contribution in [1.29, 1.82) is 0 Å². The zero-order valence-corrected chi connectivity index (χ0v) is 11.4. The Morgan fingerprint density at radius 2 is 2.00 bits per heavy atom. The highest BCUT2D eigenvalue weighted by Crippen LogP contribution is 2.21. The summed E-state index contributed by atoms with van der Waals surface area (Å²) < 4.78 is 20.5. The van der Waals surface area contributed by atoms with Crippen LogP contribution in [0.25, 0.3) is 0 Å². The number of nitrogens with one attached hydrogen (secondary N) is 1. The van der Waals surface area contributed by atoms with Crippen LogP contribution in [0.5, 0.6) is 0 Å². The lowest BCUT2D eigenvalue weighted by Gasteiger charge is -2.24. The number of rotatable bonds is 6. The van der Waals surface area contributed by atoms with Crippen LogP contribution in [-0.4, -0.2) is 31.6 Å². The van der Waals surface area contributed by atoms with Gasteiger partial charge in [-0.25, -0.2) is 4.21 Å². The standard InChI is InChI=1S/C12H18N2O4S/c1-2-11(16)14-12(10(7-15)19(17)18)8-3-5-9(13)6-4-8/h3-6,10,12,15H,2,7,13H2,1H3,(H,14,16)(H,17,18). The number of hydrogen-bond acceptors (Lipinski definition) is 4. The molecule has 5 N–H and O–H groups in total. The highest BCUT2D eigenvalue weighted by Gasteiger charge is 2.28. The Bertz CT molecular complexity index is 450. The topological polar surface area (TPSA) is 113 Å². The van der Waals surface area contributed by atoms with Crippen molar-refractivity contribution in [3.8, 4) is 0 Å².